The minimum Gasteiger partial charge on any atom is -0.465 e. The maximum Gasteiger partial charge on any atom is 0.368 e. The van der Waals surface area contributed by atoms with Gasteiger partial charge in [-0.2, -0.15) is 4.39 Å². The van der Waals surface area contributed by atoms with Crippen LogP contribution in [0.3, 0.4) is 0 Å². The standard InChI is InChI=1S/C13H13FO4/c1-3-18-13(16)11(14)10(12(15)17-2)9-7-5-4-6-8-9/h4-8H,3H2,1-2H3/b11-10+. The second-order valence-corrected chi connectivity index (χ2v) is 3.27. The first-order valence-corrected chi connectivity index (χ1v) is 5.32. The molecule has 1 rings (SSSR count). The van der Waals surface area contributed by atoms with Crippen LogP contribution in [0.1, 0.15) is 12.5 Å². The summed E-state index contributed by atoms with van der Waals surface area (Å²) >= 11 is 0. The van der Waals surface area contributed by atoms with E-state index in [9.17, 15) is 14.0 Å². The Kier molecular flexibility index (Phi) is 5.05. The average Bonchev–Trinajstić information content (AvgIpc) is 2.40. The van der Waals surface area contributed by atoms with Crippen LogP contribution in [-0.2, 0) is 19.1 Å². The number of carbonyl (C=O) groups excluding carboxylic acids is 2. The Bertz CT molecular complexity index is 465. The molecule has 0 amide bonds. The van der Waals surface area contributed by atoms with E-state index >= 15 is 0 Å². The van der Waals surface area contributed by atoms with Crippen molar-refractivity contribution in [2.24, 2.45) is 0 Å². The third-order valence-electron chi connectivity index (χ3n) is 2.13. The minimum atomic E-state index is -1.25. The first-order chi connectivity index (χ1) is 8.61. The molecule has 0 N–H and O–H groups in total. The van der Waals surface area contributed by atoms with Gasteiger partial charge in [-0.05, 0) is 12.5 Å². The van der Waals surface area contributed by atoms with Crippen molar-refractivity contribution in [3.05, 3.63) is 41.7 Å². The molecule has 96 valence electrons. The maximum atomic E-state index is 13.9. The van der Waals surface area contributed by atoms with Crippen LogP contribution < -0.4 is 0 Å². The molecule has 0 aliphatic carbocycles. The molecule has 5 heteroatoms. The number of benzene rings is 1. The lowest BCUT2D eigenvalue weighted by molar-refractivity contribution is -0.141. The fraction of sp³-hybridized carbons (Fsp3) is 0.231. The summed E-state index contributed by atoms with van der Waals surface area (Å²) in [5.41, 5.74) is -0.175. The maximum absolute atomic E-state index is 13.9. The average molecular weight is 252 g/mol. The fourth-order valence-corrected chi connectivity index (χ4v) is 1.34. The number of ether oxygens (including phenoxy) is 2. The summed E-state index contributed by atoms with van der Waals surface area (Å²) in [4.78, 5) is 22.9. The molecule has 4 nitrogen and oxygen atoms in total. The Morgan fingerprint density at radius 1 is 1.17 bits per heavy atom. The predicted molar refractivity (Wildman–Crippen MR) is 63.1 cm³/mol. The van der Waals surface area contributed by atoms with Crippen molar-refractivity contribution in [3.63, 3.8) is 0 Å². The number of hydrogen-bond acceptors (Lipinski definition) is 4. The van der Waals surface area contributed by atoms with Gasteiger partial charge in [0.15, 0.2) is 0 Å². The highest BCUT2D eigenvalue weighted by Gasteiger charge is 2.24. The van der Waals surface area contributed by atoms with Crippen molar-refractivity contribution in [3.8, 4) is 0 Å². The zero-order valence-corrected chi connectivity index (χ0v) is 10.1. The number of rotatable bonds is 4. The van der Waals surface area contributed by atoms with E-state index in [0.29, 0.717) is 0 Å². The van der Waals surface area contributed by atoms with Crippen molar-refractivity contribution in [1.82, 2.24) is 0 Å². The Labute approximate surface area is 104 Å². The lowest BCUT2D eigenvalue weighted by Gasteiger charge is -2.07. The van der Waals surface area contributed by atoms with Crippen molar-refractivity contribution in [2.75, 3.05) is 13.7 Å². The summed E-state index contributed by atoms with van der Waals surface area (Å²) in [6.45, 7) is 1.57. The first-order valence-electron chi connectivity index (χ1n) is 5.32. The van der Waals surface area contributed by atoms with Gasteiger partial charge >= 0.3 is 11.9 Å². The molecule has 0 spiro atoms. The number of carbonyl (C=O) groups is 2. The monoisotopic (exact) mass is 252 g/mol. The molecule has 1 aromatic carbocycles. The molecule has 0 aliphatic rings. The molecule has 0 unspecified atom stereocenters. The molecule has 0 bridgehead atoms. The summed E-state index contributed by atoms with van der Waals surface area (Å²) in [6, 6.07) is 7.96. The third-order valence-corrected chi connectivity index (χ3v) is 2.13. The number of hydrogen-bond donors (Lipinski definition) is 0. The molecule has 0 aliphatic heterocycles. The van der Waals surface area contributed by atoms with Gasteiger partial charge in [0.2, 0.25) is 5.83 Å². The number of esters is 2. The van der Waals surface area contributed by atoms with Crippen LogP contribution in [0.2, 0.25) is 0 Å². The van der Waals surface area contributed by atoms with E-state index in [0.717, 1.165) is 7.11 Å². The Balaban J connectivity index is 3.25. The Morgan fingerprint density at radius 2 is 1.78 bits per heavy atom. The zero-order valence-electron chi connectivity index (χ0n) is 10.1. The van der Waals surface area contributed by atoms with E-state index in [4.69, 9.17) is 0 Å². The van der Waals surface area contributed by atoms with Gasteiger partial charge in [-0.1, -0.05) is 30.3 Å². The summed E-state index contributed by atoms with van der Waals surface area (Å²) in [5.74, 6) is -3.36. The number of halogens is 1. The highest BCUT2D eigenvalue weighted by molar-refractivity contribution is 6.21. The predicted octanol–water partition coefficient (Wildman–Crippen LogP) is 2.10. The molecule has 0 heterocycles. The van der Waals surface area contributed by atoms with Gasteiger partial charge < -0.3 is 9.47 Å². The van der Waals surface area contributed by atoms with E-state index in [1.807, 2.05) is 0 Å². The fourth-order valence-electron chi connectivity index (χ4n) is 1.34. The van der Waals surface area contributed by atoms with Crippen LogP contribution in [0, 0.1) is 0 Å². The molecule has 0 radical (unpaired) electrons. The smallest absolute Gasteiger partial charge is 0.368 e. The quantitative estimate of drug-likeness (QED) is 0.608. The molecular weight excluding hydrogens is 239 g/mol. The van der Waals surface area contributed by atoms with E-state index in [2.05, 4.69) is 9.47 Å². The van der Waals surface area contributed by atoms with Crippen molar-refractivity contribution >= 4 is 17.5 Å². The van der Waals surface area contributed by atoms with Crippen molar-refractivity contribution < 1.29 is 23.5 Å². The van der Waals surface area contributed by atoms with E-state index in [-0.39, 0.29) is 12.2 Å². The van der Waals surface area contributed by atoms with Gasteiger partial charge in [-0.15, -0.1) is 0 Å². The Morgan fingerprint density at radius 3 is 2.28 bits per heavy atom. The highest BCUT2D eigenvalue weighted by Crippen LogP contribution is 2.22. The van der Waals surface area contributed by atoms with E-state index in [1.54, 1.807) is 25.1 Å². The molecule has 0 atom stereocenters. The van der Waals surface area contributed by atoms with Gasteiger partial charge in [0.05, 0.1) is 13.7 Å². The highest BCUT2D eigenvalue weighted by atomic mass is 19.1. The topological polar surface area (TPSA) is 52.6 Å². The summed E-state index contributed by atoms with van der Waals surface area (Å²) in [5, 5.41) is 0. The normalized spacial score (nSPS) is 11.5. The zero-order chi connectivity index (χ0) is 13.5. The van der Waals surface area contributed by atoms with Gasteiger partial charge in [-0.3, -0.25) is 0 Å². The lowest BCUT2D eigenvalue weighted by Crippen LogP contribution is -2.12. The molecule has 0 saturated carbocycles. The minimum absolute atomic E-state index is 0.0233. The van der Waals surface area contributed by atoms with Gasteiger partial charge in [0.25, 0.3) is 0 Å². The van der Waals surface area contributed by atoms with Crippen molar-refractivity contribution in [2.45, 2.75) is 6.92 Å². The summed E-state index contributed by atoms with van der Waals surface area (Å²) in [7, 11) is 1.11. The molecule has 0 saturated heterocycles. The largest absolute Gasteiger partial charge is 0.465 e. The SMILES string of the molecule is CCOC(=O)/C(F)=C(\C(=O)OC)c1ccccc1. The van der Waals surface area contributed by atoms with E-state index < -0.39 is 23.3 Å². The first kappa shape index (κ1) is 13.9. The van der Waals surface area contributed by atoms with Crippen LogP contribution >= 0.6 is 0 Å². The number of methoxy groups -OCH3 is 1. The van der Waals surface area contributed by atoms with Gasteiger partial charge in [-0.25, -0.2) is 9.59 Å². The Hall–Kier alpha value is -2.17. The molecular formula is C13H13FO4. The summed E-state index contributed by atoms with van der Waals surface area (Å²) < 4.78 is 22.9. The van der Waals surface area contributed by atoms with Crippen LogP contribution in [0.4, 0.5) is 4.39 Å². The molecule has 0 aromatic heterocycles. The summed E-state index contributed by atoms with van der Waals surface area (Å²) in [6.07, 6.45) is 0. The van der Waals surface area contributed by atoms with Crippen LogP contribution in [-0.4, -0.2) is 25.7 Å². The second-order valence-electron chi connectivity index (χ2n) is 3.27. The van der Waals surface area contributed by atoms with E-state index in [1.165, 1.54) is 12.1 Å². The van der Waals surface area contributed by atoms with Crippen LogP contribution in [0.5, 0.6) is 0 Å². The molecule has 18 heavy (non-hydrogen) atoms. The van der Waals surface area contributed by atoms with Gasteiger partial charge in [0.1, 0.15) is 5.57 Å². The van der Waals surface area contributed by atoms with Crippen LogP contribution in [0.15, 0.2) is 36.2 Å². The molecule has 1 aromatic rings. The second kappa shape index (κ2) is 6.54. The third kappa shape index (κ3) is 3.16. The lowest BCUT2D eigenvalue weighted by atomic mass is 10.1. The van der Waals surface area contributed by atoms with Crippen LogP contribution in [0.25, 0.3) is 5.57 Å². The van der Waals surface area contributed by atoms with Gasteiger partial charge in [0, 0.05) is 0 Å². The molecule has 0 fully saturated rings. The van der Waals surface area contributed by atoms with Crippen molar-refractivity contribution in [1.29, 1.82) is 0 Å².